The third kappa shape index (κ3) is 1.75. The van der Waals surface area contributed by atoms with E-state index in [1.807, 2.05) is 13.8 Å². The van der Waals surface area contributed by atoms with Crippen molar-refractivity contribution in [2.45, 2.75) is 59.2 Å². The van der Waals surface area contributed by atoms with Crippen molar-refractivity contribution in [1.82, 2.24) is 0 Å². The maximum absolute atomic E-state index is 12.5. The number of hydrogen-bond donors (Lipinski definition) is 1. The van der Waals surface area contributed by atoms with Crippen LogP contribution in [0.4, 0.5) is 0 Å². The van der Waals surface area contributed by atoms with Gasteiger partial charge in [-0.25, -0.2) is 0 Å². The molecule has 0 spiro atoms. The number of aliphatic hydroxyl groups is 1. The summed E-state index contributed by atoms with van der Waals surface area (Å²) < 4.78 is 11.0. The lowest BCUT2D eigenvalue weighted by Gasteiger charge is -2.56. The molecule has 3 rings (SSSR count). The van der Waals surface area contributed by atoms with E-state index in [4.69, 9.17) is 9.47 Å². The highest BCUT2D eigenvalue weighted by Crippen LogP contribution is 2.68. The van der Waals surface area contributed by atoms with Crippen LogP contribution >= 0.6 is 0 Å². The molecule has 2 saturated carbocycles. The van der Waals surface area contributed by atoms with Crippen molar-refractivity contribution in [3.8, 4) is 0 Å². The molecule has 0 bridgehead atoms. The lowest BCUT2D eigenvalue weighted by atomic mass is 9.54. The lowest BCUT2D eigenvalue weighted by Crippen LogP contribution is -2.68. The largest absolute Gasteiger partial charge is 0.465 e. The molecule has 1 aliphatic heterocycles. The molecule has 1 saturated heterocycles. The molecule has 1 heterocycles. The molecule has 3 aliphatic rings. The summed E-state index contributed by atoms with van der Waals surface area (Å²) in [6.45, 7) is 9.61. The standard InChI is InChI=1S/C17H26O5/c1-9-6-12(22-10(2)18)13-15(3,4)8-16(5)14(19)21-7-11(9)17(13,16)20/h9,11-13,20H,6-8H2,1-5H3/t9-,11+,12+,13+,16-,17-/m1/s1. The first-order valence-corrected chi connectivity index (χ1v) is 8.11. The number of cyclic esters (lactones) is 1. The topological polar surface area (TPSA) is 72.8 Å². The number of ether oxygens (including phenoxy) is 2. The third-order valence-electron chi connectivity index (χ3n) is 6.40. The van der Waals surface area contributed by atoms with E-state index in [-0.39, 0.29) is 47.8 Å². The minimum atomic E-state index is -1.18. The zero-order valence-corrected chi connectivity index (χ0v) is 14.0. The van der Waals surface area contributed by atoms with Gasteiger partial charge in [0, 0.05) is 18.8 Å². The first kappa shape index (κ1) is 15.8. The molecule has 6 atom stereocenters. The quantitative estimate of drug-likeness (QED) is 0.749. The summed E-state index contributed by atoms with van der Waals surface area (Å²) >= 11 is 0. The summed E-state index contributed by atoms with van der Waals surface area (Å²) in [4.78, 5) is 24.0. The minimum absolute atomic E-state index is 0.103. The van der Waals surface area contributed by atoms with E-state index in [1.165, 1.54) is 6.92 Å². The van der Waals surface area contributed by atoms with Crippen LogP contribution in [-0.2, 0) is 19.1 Å². The molecule has 3 fully saturated rings. The Morgan fingerprint density at radius 3 is 2.59 bits per heavy atom. The number of carbonyl (C=O) groups is 2. The van der Waals surface area contributed by atoms with Gasteiger partial charge in [0.15, 0.2) is 0 Å². The van der Waals surface area contributed by atoms with E-state index in [0.717, 1.165) is 0 Å². The molecule has 0 amide bonds. The normalized spacial score (nSPS) is 49.3. The molecule has 0 aromatic heterocycles. The zero-order chi connectivity index (χ0) is 16.5. The van der Waals surface area contributed by atoms with Crippen molar-refractivity contribution in [2.24, 2.45) is 28.6 Å². The van der Waals surface area contributed by atoms with Gasteiger partial charge in [0.2, 0.25) is 0 Å². The summed E-state index contributed by atoms with van der Waals surface area (Å²) in [5, 5.41) is 11.7. The van der Waals surface area contributed by atoms with E-state index in [1.54, 1.807) is 0 Å². The van der Waals surface area contributed by atoms with E-state index in [2.05, 4.69) is 13.8 Å². The lowest BCUT2D eigenvalue weighted by molar-refractivity contribution is -0.247. The summed E-state index contributed by atoms with van der Waals surface area (Å²) in [5.74, 6) is -0.872. The highest BCUT2D eigenvalue weighted by molar-refractivity contribution is 5.80. The first-order chi connectivity index (χ1) is 10.0. The highest BCUT2D eigenvalue weighted by Gasteiger charge is 2.76. The molecule has 22 heavy (non-hydrogen) atoms. The van der Waals surface area contributed by atoms with Crippen molar-refractivity contribution < 1.29 is 24.2 Å². The number of hydrogen-bond acceptors (Lipinski definition) is 5. The van der Waals surface area contributed by atoms with Gasteiger partial charge in [-0.1, -0.05) is 20.8 Å². The van der Waals surface area contributed by atoms with Crippen LogP contribution in [0.25, 0.3) is 0 Å². The van der Waals surface area contributed by atoms with Gasteiger partial charge in [0.25, 0.3) is 0 Å². The molecule has 0 aromatic rings. The Hall–Kier alpha value is -1.10. The van der Waals surface area contributed by atoms with E-state index in [9.17, 15) is 14.7 Å². The Kier molecular flexibility index (Phi) is 3.20. The van der Waals surface area contributed by atoms with E-state index < -0.39 is 11.0 Å². The number of esters is 2. The maximum Gasteiger partial charge on any atom is 0.314 e. The van der Waals surface area contributed by atoms with Crippen molar-refractivity contribution in [3.63, 3.8) is 0 Å². The highest BCUT2D eigenvalue weighted by atomic mass is 16.6. The van der Waals surface area contributed by atoms with Crippen molar-refractivity contribution in [2.75, 3.05) is 6.61 Å². The predicted octanol–water partition coefficient (Wildman–Crippen LogP) is 1.91. The molecule has 0 radical (unpaired) electrons. The maximum atomic E-state index is 12.5. The second-order valence-corrected chi connectivity index (χ2v) is 8.37. The molecule has 5 heteroatoms. The van der Waals surface area contributed by atoms with Crippen LogP contribution in [0.1, 0.15) is 47.5 Å². The van der Waals surface area contributed by atoms with Crippen LogP contribution in [-0.4, -0.2) is 35.4 Å². The SMILES string of the molecule is CC(=O)O[C@H]1C[C@@H](C)[C@@H]2COC(=O)[C@@]3(C)CC(C)(C)[C@H]1[C@]23O. The Morgan fingerprint density at radius 1 is 1.36 bits per heavy atom. The fourth-order valence-electron chi connectivity index (χ4n) is 5.81. The molecule has 2 aliphatic carbocycles. The fourth-order valence-corrected chi connectivity index (χ4v) is 5.81. The molecular weight excluding hydrogens is 284 g/mol. The number of rotatable bonds is 1. The van der Waals surface area contributed by atoms with Gasteiger partial charge in [-0.05, 0) is 31.1 Å². The van der Waals surface area contributed by atoms with Gasteiger partial charge in [0.1, 0.15) is 6.10 Å². The van der Waals surface area contributed by atoms with E-state index >= 15 is 0 Å². The Balaban J connectivity index is 2.14. The van der Waals surface area contributed by atoms with Gasteiger partial charge >= 0.3 is 11.9 Å². The van der Waals surface area contributed by atoms with Crippen LogP contribution in [0.5, 0.6) is 0 Å². The first-order valence-electron chi connectivity index (χ1n) is 8.11. The molecular formula is C17H26O5. The summed E-state index contributed by atoms with van der Waals surface area (Å²) in [7, 11) is 0. The third-order valence-corrected chi connectivity index (χ3v) is 6.40. The molecule has 124 valence electrons. The van der Waals surface area contributed by atoms with Crippen LogP contribution < -0.4 is 0 Å². The summed E-state index contributed by atoms with van der Waals surface area (Å²) in [6.07, 6.45) is 0.895. The van der Waals surface area contributed by atoms with Crippen molar-refractivity contribution in [3.05, 3.63) is 0 Å². The van der Waals surface area contributed by atoms with E-state index in [0.29, 0.717) is 12.8 Å². The smallest absolute Gasteiger partial charge is 0.314 e. The van der Waals surface area contributed by atoms with Gasteiger partial charge in [-0.2, -0.15) is 0 Å². The van der Waals surface area contributed by atoms with Crippen molar-refractivity contribution in [1.29, 1.82) is 0 Å². The average molecular weight is 310 g/mol. The van der Waals surface area contributed by atoms with Gasteiger partial charge in [-0.15, -0.1) is 0 Å². The molecule has 5 nitrogen and oxygen atoms in total. The van der Waals surface area contributed by atoms with Gasteiger partial charge < -0.3 is 14.6 Å². The monoisotopic (exact) mass is 310 g/mol. The molecule has 0 aromatic carbocycles. The Bertz CT molecular complexity index is 527. The Morgan fingerprint density at radius 2 is 2.00 bits per heavy atom. The van der Waals surface area contributed by atoms with Gasteiger partial charge in [0.05, 0.1) is 17.6 Å². The zero-order valence-electron chi connectivity index (χ0n) is 14.0. The summed E-state index contributed by atoms with van der Waals surface area (Å²) in [5.41, 5.74) is -2.41. The summed E-state index contributed by atoms with van der Waals surface area (Å²) in [6, 6.07) is 0. The molecule has 0 unspecified atom stereocenters. The minimum Gasteiger partial charge on any atom is -0.465 e. The van der Waals surface area contributed by atoms with Gasteiger partial charge in [-0.3, -0.25) is 9.59 Å². The van der Waals surface area contributed by atoms with Crippen molar-refractivity contribution >= 4 is 11.9 Å². The second-order valence-electron chi connectivity index (χ2n) is 8.37. The predicted molar refractivity (Wildman–Crippen MR) is 78.7 cm³/mol. The Labute approximate surface area is 131 Å². The van der Waals surface area contributed by atoms with Crippen LogP contribution in [0.2, 0.25) is 0 Å². The second kappa shape index (κ2) is 4.47. The van der Waals surface area contributed by atoms with Crippen LogP contribution in [0.15, 0.2) is 0 Å². The fraction of sp³-hybridized carbons (Fsp3) is 0.882. The number of carbonyl (C=O) groups excluding carboxylic acids is 2. The van der Waals surface area contributed by atoms with Crippen LogP contribution in [0, 0.1) is 28.6 Å². The average Bonchev–Trinajstić information content (AvgIpc) is 2.51. The molecule has 1 N–H and O–H groups in total. The van der Waals surface area contributed by atoms with Crippen LogP contribution in [0.3, 0.4) is 0 Å².